The van der Waals surface area contributed by atoms with Crippen LogP contribution in [0, 0.1) is 11.3 Å². The third-order valence-electron chi connectivity index (χ3n) is 5.15. The molecule has 0 aromatic carbocycles. The topological polar surface area (TPSA) is 89.3 Å². The van der Waals surface area contributed by atoms with Crippen LogP contribution in [-0.4, -0.2) is 72.1 Å². The van der Waals surface area contributed by atoms with Crippen molar-refractivity contribution in [1.29, 1.82) is 5.26 Å². The van der Waals surface area contributed by atoms with Gasteiger partial charge < -0.3 is 10.2 Å². The molecule has 2 aliphatic rings. The highest BCUT2D eigenvalue weighted by Gasteiger charge is 2.30. The third kappa shape index (κ3) is 4.83. The van der Waals surface area contributed by atoms with Crippen LogP contribution in [-0.2, 0) is 4.79 Å². The predicted octanol–water partition coefficient (Wildman–Crippen LogP) is 1.84. The van der Waals surface area contributed by atoms with Crippen molar-refractivity contribution < 1.29 is 9.59 Å². The lowest BCUT2D eigenvalue weighted by atomic mass is 10.1. The van der Waals surface area contributed by atoms with E-state index in [1.54, 1.807) is 0 Å². The second-order valence-electron chi connectivity index (χ2n) is 7.24. The molecule has 1 N–H and O–H groups in total. The highest BCUT2D eigenvalue weighted by molar-refractivity contribution is 7.98. The lowest BCUT2D eigenvalue weighted by Crippen LogP contribution is -2.40. The van der Waals surface area contributed by atoms with Crippen molar-refractivity contribution in [3.05, 3.63) is 22.9 Å². The minimum atomic E-state index is -0.101. The second-order valence-corrected chi connectivity index (χ2v) is 8.04. The molecule has 1 aromatic rings. The summed E-state index contributed by atoms with van der Waals surface area (Å²) < 4.78 is 0. The normalized spacial score (nSPS) is 17.7. The van der Waals surface area contributed by atoms with E-state index in [4.69, 9.17) is 0 Å². The van der Waals surface area contributed by atoms with Crippen LogP contribution in [0.3, 0.4) is 0 Å². The number of nitrogens with zero attached hydrogens (tertiary/aromatic N) is 4. The van der Waals surface area contributed by atoms with Crippen molar-refractivity contribution in [3.8, 4) is 6.07 Å². The van der Waals surface area contributed by atoms with Crippen molar-refractivity contribution in [3.63, 3.8) is 0 Å². The lowest BCUT2D eigenvalue weighted by molar-refractivity contribution is -0.122. The van der Waals surface area contributed by atoms with Gasteiger partial charge in [-0.3, -0.25) is 14.5 Å². The van der Waals surface area contributed by atoms with Gasteiger partial charge in [0.05, 0.1) is 17.7 Å². The standard InChI is InChI=1S/C20H27N5O2S/c1-3-22-18(26)13-24-7-4-8-25(10-9-24)20(27)15-11-17(14-5-6-14)23-19(28-2)16(15)12-21/h11,14H,3-10,13H2,1-2H3,(H,22,26). The van der Waals surface area contributed by atoms with Crippen molar-refractivity contribution in [2.75, 3.05) is 45.5 Å². The van der Waals surface area contributed by atoms with Crippen LogP contribution >= 0.6 is 11.8 Å². The van der Waals surface area contributed by atoms with Gasteiger partial charge in [-0.1, -0.05) is 0 Å². The Morgan fingerprint density at radius 2 is 2.11 bits per heavy atom. The molecule has 1 aromatic heterocycles. The smallest absolute Gasteiger partial charge is 0.255 e. The molecule has 7 nitrogen and oxygen atoms in total. The zero-order chi connectivity index (χ0) is 20.1. The van der Waals surface area contributed by atoms with Gasteiger partial charge in [0.2, 0.25) is 5.91 Å². The van der Waals surface area contributed by atoms with E-state index in [2.05, 4.69) is 21.3 Å². The summed E-state index contributed by atoms with van der Waals surface area (Å²) in [6.45, 7) is 5.51. The van der Waals surface area contributed by atoms with Gasteiger partial charge >= 0.3 is 0 Å². The summed E-state index contributed by atoms with van der Waals surface area (Å²) in [5.41, 5.74) is 1.78. The Bertz CT molecular complexity index is 788. The molecule has 0 atom stereocenters. The van der Waals surface area contributed by atoms with Crippen LogP contribution < -0.4 is 5.32 Å². The summed E-state index contributed by atoms with van der Waals surface area (Å²) in [5, 5.41) is 13.1. The van der Waals surface area contributed by atoms with Gasteiger partial charge in [0, 0.05) is 44.3 Å². The highest BCUT2D eigenvalue weighted by atomic mass is 32.2. The number of hydrogen-bond acceptors (Lipinski definition) is 6. The molecule has 28 heavy (non-hydrogen) atoms. The third-order valence-corrected chi connectivity index (χ3v) is 5.84. The number of nitriles is 1. The van der Waals surface area contributed by atoms with Gasteiger partial charge in [-0.15, -0.1) is 11.8 Å². The quantitative estimate of drug-likeness (QED) is 0.732. The maximum atomic E-state index is 13.3. The van der Waals surface area contributed by atoms with E-state index in [0.29, 0.717) is 54.8 Å². The first-order valence-corrected chi connectivity index (χ1v) is 11.1. The van der Waals surface area contributed by atoms with Crippen LogP contribution in [0.15, 0.2) is 11.1 Å². The number of amides is 2. The fourth-order valence-corrected chi connectivity index (χ4v) is 4.07. The molecule has 1 aliphatic heterocycles. The summed E-state index contributed by atoms with van der Waals surface area (Å²) in [4.78, 5) is 33.6. The lowest BCUT2D eigenvalue weighted by Gasteiger charge is -2.22. The number of thioether (sulfide) groups is 1. The van der Waals surface area contributed by atoms with Crippen LogP contribution in [0.2, 0.25) is 0 Å². The van der Waals surface area contributed by atoms with E-state index in [0.717, 1.165) is 31.5 Å². The van der Waals surface area contributed by atoms with Crippen LogP contribution in [0.1, 0.15) is 53.7 Å². The summed E-state index contributed by atoms with van der Waals surface area (Å²) in [7, 11) is 0. The minimum absolute atomic E-state index is 0.0156. The minimum Gasteiger partial charge on any atom is -0.355 e. The monoisotopic (exact) mass is 401 g/mol. The van der Waals surface area contributed by atoms with Gasteiger partial charge in [0.1, 0.15) is 11.1 Å². The zero-order valence-corrected chi connectivity index (χ0v) is 17.3. The number of aromatic nitrogens is 1. The number of rotatable bonds is 6. The SMILES string of the molecule is CCNC(=O)CN1CCCN(C(=O)c2cc(C3CC3)nc(SC)c2C#N)CC1. The Morgan fingerprint density at radius 3 is 2.75 bits per heavy atom. The fourth-order valence-electron chi connectivity index (χ4n) is 3.51. The number of carbonyl (C=O) groups excluding carboxylic acids is 2. The molecule has 150 valence electrons. The Kier molecular flexibility index (Phi) is 6.92. The van der Waals surface area contributed by atoms with E-state index in [-0.39, 0.29) is 11.8 Å². The Balaban J connectivity index is 1.76. The van der Waals surface area contributed by atoms with Crippen molar-refractivity contribution >= 4 is 23.6 Å². The van der Waals surface area contributed by atoms with Gasteiger partial charge in [-0.25, -0.2) is 4.98 Å². The molecule has 1 saturated heterocycles. The number of pyridine rings is 1. The van der Waals surface area contributed by atoms with Gasteiger partial charge in [-0.05, 0) is 38.5 Å². The first-order chi connectivity index (χ1) is 13.6. The molecular weight excluding hydrogens is 374 g/mol. The van der Waals surface area contributed by atoms with Crippen LogP contribution in [0.4, 0.5) is 0 Å². The van der Waals surface area contributed by atoms with Gasteiger partial charge in [0.25, 0.3) is 5.91 Å². The molecule has 2 fully saturated rings. The molecule has 0 spiro atoms. The number of nitrogens with one attached hydrogen (secondary N) is 1. The summed E-state index contributed by atoms with van der Waals surface area (Å²) in [5.74, 6) is 0.333. The fraction of sp³-hybridized carbons (Fsp3) is 0.600. The molecule has 1 saturated carbocycles. The van der Waals surface area contributed by atoms with E-state index in [1.807, 2.05) is 24.1 Å². The molecule has 0 unspecified atom stereocenters. The van der Waals surface area contributed by atoms with E-state index in [9.17, 15) is 14.9 Å². The molecular formula is C20H27N5O2S. The van der Waals surface area contributed by atoms with Gasteiger partial charge in [0.15, 0.2) is 0 Å². The molecule has 8 heteroatoms. The zero-order valence-electron chi connectivity index (χ0n) is 16.5. The Labute approximate surface area is 170 Å². The molecule has 2 heterocycles. The maximum absolute atomic E-state index is 13.3. The molecule has 1 aliphatic carbocycles. The predicted molar refractivity (Wildman–Crippen MR) is 108 cm³/mol. The summed E-state index contributed by atoms with van der Waals surface area (Å²) in [6.07, 6.45) is 4.89. The number of likely N-dealkylation sites (N-methyl/N-ethyl adjacent to an activating group) is 1. The highest BCUT2D eigenvalue weighted by Crippen LogP contribution is 2.40. The Morgan fingerprint density at radius 1 is 1.32 bits per heavy atom. The number of hydrogen-bond donors (Lipinski definition) is 1. The van der Waals surface area contributed by atoms with Crippen LogP contribution in [0.5, 0.6) is 0 Å². The molecule has 3 rings (SSSR count). The second kappa shape index (κ2) is 9.39. The molecule has 0 bridgehead atoms. The first-order valence-electron chi connectivity index (χ1n) is 9.84. The van der Waals surface area contributed by atoms with Crippen LogP contribution in [0.25, 0.3) is 0 Å². The average molecular weight is 402 g/mol. The molecule has 2 amide bonds. The first kappa shape index (κ1) is 20.6. The van der Waals surface area contributed by atoms with Crippen molar-refractivity contribution in [2.45, 2.75) is 37.1 Å². The summed E-state index contributed by atoms with van der Waals surface area (Å²) in [6, 6.07) is 4.02. The van der Waals surface area contributed by atoms with E-state index >= 15 is 0 Å². The van der Waals surface area contributed by atoms with E-state index in [1.165, 1.54) is 11.8 Å². The maximum Gasteiger partial charge on any atom is 0.255 e. The molecule has 0 radical (unpaired) electrons. The summed E-state index contributed by atoms with van der Waals surface area (Å²) >= 11 is 1.42. The van der Waals surface area contributed by atoms with Crippen molar-refractivity contribution in [2.24, 2.45) is 0 Å². The van der Waals surface area contributed by atoms with E-state index < -0.39 is 0 Å². The number of carbonyl (C=O) groups is 2. The van der Waals surface area contributed by atoms with Crippen molar-refractivity contribution in [1.82, 2.24) is 20.1 Å². The Hall–Kier alpha value is -2.11. The average Bonchev–Trinajstić information content (AvgIpc) is 3.54. The largest absolute Gasteiger partial charge is 0.355 e. The van der Waals surface area contributed by atoms with Gasteiger partial charge in [-0.2, -0.15) is 5.26 Å².